The van der Waals surface area contributed by atoms with E-state index < -0.39 is 11.9 Å². The quantitative estimate of drug-likeness (QED) is 0.0532. The molecule has 0 atom stereocenters. The van der Waals surface area contributed by atoms with Crippen molar-refractivity contribution in [1.82, 2.24) is 0 Å². The van der Waals surface area contributed by atoms with Crippen molar-refractivity contribution in [1.29, 1.82) is 0 Å². The zero-order valence-corrected chi connectivity index (χ0v) is 29.1. The molecule has 0 amide bonds. The first-order valence-electron chi connectivity index (χ1n) is 16.0. The summed E-state index contributed by atoms with van der Waals surface area (Å²) >= 11 is 6.94. The fourth-order valence-electron chi connectivity index (χ4n) is 4.89. The van der Waals surface area contributed by atoms with Crippen LogP contribution in [0.3, 0.4) is 0 Å². The molecule has 0 saturated heterocycles. The molecule has 5 aromatic carbocycles. The molecule has 0 spiro atoms. The first-order valence-corrected chi connectivity index (χ1v) is 16.4. The van der Waals surface area contributed by atoms with Crippen molar-refractivity contribution in [2.75, 3.05) is 9.91 Å². The van der Waals surface area contributed by atoms with Crippen LogP contribution in [-0.2, 0) is 32.3 Å². The van der Waals surface area contributed by atoms with Crippen LogP contribution >= 0.6 is 11.6 Å². The molecule has 0 fully saturated rings. The van der Waals surface area contributed by atoms with Crippen LogP contribution in [0.2, 0.25) is 5.02 Å². The highest BCUT2D eigenvalue weighted by Gasteiger charge is 2.16. The van der Waals surface area contributed by atoms with Crippen molar-refractivity contribution in [2.45, 2.75) is 34.0 Å². The van der Waals surface area contributed by atoms with Crippen molar-refractivity contribution >= 4 is 58.2 Å². The minimum absolute atomic E-state index is 0.131. The van der Waals surface area contributed by atoms with Gasteiger partial charge in [-0.15, -0.1) is 0 Å². The second-order valence-corrected chi connectivity index (χ2v) is 12.2. The predicted molar refractivity (Wildman–Crippen MR) is 203 cm³/mol. The van der Waals surface area contributed by atoms with E-state index >= 15 is 0 Å². The Labute approximate surface area is 298 Å². The van der Waals surface area contributed by atoms with Gasteiger partial charge >= 0.3 is 11.9 Å². The van der Waals surface area contributed by atoms with E-state index in [0.717, 1.165) is 50.7 Å². The Bertz CT molecular complexity index is 1930. The highest BCUT2D eigenvalue weighted by Crippen LogP contribution is 2.37. The zero-order valence-electron chi connectivity index (χ0n) is 28.3. The lowest BCUT2D eigenvalue weighted by molar-refractivity contribution is -0.141. The fourth-order valence-corrected chi connectivity index (χ4v) is 5.11. The van der Waals surface area contributed by atoms with Crippen LogP contribution in [0, 0.1) is 6.92 Å². The van der Waals surface area contributed by atoms with E-state index in [0.29, 0.717) is 16.2 Å². The van der Waals surface area contributed by atoms with Gasteiger partial charge < -0.3 is 14.4 Å². The number of hydrazone groups is 1. The minimum atomic E-state index is -0.436. The topological polar surface area (TPSA) is 71.4 Å². The largest absolute Gasteiger partial charge is 0.457 e. The van der Waals surface area contributed by atoms with Crippen LogP contribution in [0.5, 0.6) is 0 Å². The molecule has 0 aliphatic rings. The van der Waals surface area contributed by atoms with Crippen LogP contribution in [0.1, 0.15) is 36.1 Å². The van der Waals surface area contributed by atoms with Gasteiger partial charge in [-0.25, -0.2) is 14.6 Å². The van der Waals surface area contributed by atoms with E-state index in [4.69, 9.17) is 26.2 Å². The van der Waals surface area contributed by atoms with Crippen LogP contribution in [0.15, 0.2) is 151 Å². The molecular formula is C42H38ClN3O4. The second kappa shape index (κ2) is 16.5. The van der Waals surface area contributed by atoms with Gasteiger partial charge in [-0.05, 0) is 98.6 Å². The molecule has 0 heterocycles. The van der Waals surface area contributed by atoms with Gasteiger partial charge in [-0.1, -0.05) is 84.9 Å². The Morgan fingerprint density at radius 2 is 1.12 bits per heavy atom. The number of carbonyl (C=O) groups excluding carboxylic acids is 2. The molecule has 50 heavy (non-hydrogen) atoms. The number of aryl methyl sites for hydroxylation is 1. The fraction of sp³-hybridized carbons (Fsp3) is 0.119. The van der Waals surface area contributed by atoms with Gasteiger partial charge in [-0.2, -0.15) is 5.10 Å². The number of hydrogen-bond acceptors (Lipinski definition) is 7. The Morgan fingerprint density at radius 1 is 0.660 bits per heavy atom. The van der Waals surface area contributed by atoms with Crippen molar-refractivity contribution in [2.24, 2.45) is 5.10 Å². The predicted octanol–water partition coefficient (Wildman–Crippen LogP) is 10.5. The lowest BCUT2D eigenvalue weighted by Crippen LogP contribution is -2.11. The molecule has 0 unspecified atom stereocenters. The van der Waals surface area contributed by atoms with Gasteiger partial charge in [0.2, 0.25) is 0 Å². The highest BCUT2D eigenvalue weighted by atomic mass is 35.5. The van der Waals surface area contributed by atoms with Crippen LogP contribution in [0.4, 0.5) is 28.4 Å². The molecule has 0 radical (unpaired) electrons. The second-order valence-electron chi connectivity index (χ2n) is 11.8. The summed E-state index contributed by atoms with van der Waals surface area (Å²) < 4.78 is 10.7. The van der Waals surface area contributed by atoms with Gasteiger partial charge in [0.1, 0.15) is 13.2 Å². The third-order valence-corrected chi connectivity index (χ3v) is 7.99. The van der Waals surface area contributed by atoms with E-state index in [2.05, 4.69) is 37.1 Å². The maximum atomic E-state index is 11.9. The number of anilines is 5. The summed E-state index contributed by atoms with van der Waals surface area (Å²) in [4.78, 5) is 25.9. The lowest BCUT2D eigenvalue weighted by Gasteiger charge is -2.26. The standard InChI is InChI=1S/C42H38ClN3O4/c1-29(2)41(47)49-27-32-13-20-35(21-14-32)45(36-22-15-33(16-23-36)28-50-42(48)30(3)4)39-24-17-34(40(43)25-39)26-44-46(37-9-7-6-8-10-37)38-18-11-31(5)12-19-38/h6-26H,1,3,27-28H2,2,4-5H3. The SMILES string of the molecule is C=C(C)C(=O)OCc1ccc(N(c2ccc(COC(=O)C(=C)C)cc2)c2ccc(C=NN(c3ccccc3)c3ccc(C)cc3)c(Cl)c2)cc1. The summed E-state index contributed by atoms with van der Waals surface area (Å²) in [7, 11) is 0. The zero-order chi connectivity index (χ0) is 35.6. The van der Waals surface area contributed by atoms with Crippen LogP contribution in [-0.4, -0.2) is 18.2 Å². The van der Waals surface area contributed by atoms with Crippen LogP contribution in [0.25, 0.3) is 0 Å². The normalized spacial score (nSPS) is 10.8. The molecule has 7 nitrogen and oxygen atoms in total. The van der Waals surface area contributed by atoms with E-state index in [-0.39, 0.29) is 13.2 Å². The van der Waals surface area contributed by atoms with E-state index in [1.807, 2.05) is 114 Å². The summed E-state index contributed by atoms with van der Waals surface area (Å²) in [6, 6.07) is 39.4. The molecule has 0 bridgehead atoms. The molecule has 0 aliphatic carbocycles. The number of rotatable bonds is 13. The molecule has 0 N–H and O–H groups in total. The molecule has 0 saturated carbocycles. The molecular weight excluding hydrogens is 646 g/mol. The molecule has 5 aromatic rings. The monoisotopic (exact) mass is 683 g/mol. The summed E-state index contributed by atoms with van der Waals surface area (Å²) in [5.41, 5.74) is 8.63. The van der Waals surface area contributed by atoms with Gasteiger partial charge in [-0.3, -0.25) is 0 Å². The van der Waals surface area contributed by atoms with Gasteiger partial charge in [0, 0.05) is 33.8 Å². The Balaban J connectivity index is 1.45. The van der Waals surface area contributed by atoms with Gasteiger partial charge in [0.15, 0.2) is 0 Å². The Hall–Kier alpha value is -5.92. The number of hydrogen-bond donors (Lipinski definition) is 0. The van der Waals surface area contributed by atoms with Crippen molar-refractivity contribution in [3.05, 3.63) is 173 Å². The number of nitrogens with zero attached hydrogens (tertiary/aromatic N) is 3. The summed E-state index contributed by atoms with van der Waals surface area (Å²) in [6.45, 7) is 12.8. The van der Waals surface area contributed by atoms with E-state index in [1.54, 1.807) is 20.1 Å². The Morgan fingerprint density at radius 3 is 1.60 bits per heavy atom. The van der Waals surface area contributed by atoms with Crippen molar-refractivity contribution in [3.8, 4) is 0 Å². The smallest absolute Gasteiger partial charge is 0.333 e. The molecule has 5 rings (SSSR count). The van der Waals surface area contributed by atoms with Gasteiger partial charge in [0.25, 0.3) is 0 Å². The third kappa shape index (κ3) is 9.15. The minimum Gasteiger partial charge on any atom is -0.457 e. The molecule has 252 valence electrons. The van der Waals surface area contributed by atoms with E-state index in [1.165, 1.54) is 0 Å². The third-order valence-electron chi connectivity index (χ3n) is 7.66. The first-order chi connectivity index (χ1) is 24.1. The van der Waals surface area contributed by atoms with E-state index in [9.17, 15) is 9.59 Å². The van der Waals surface area contributed by atoms with Gasteiger partial charge in [0.05, 0.1) is 22.6 Å². The number of halogens is 1. The average Bonchev–Trinajstić information content (AvgIpc) is 3.12. The number of para-hydroxylation sites is 1. The molecule has 8 heteroatoms. The van der Waals surface area contributed by atoms with Crippen molar-refractivity contribution < 1.29 is 19.1 Å². The maximum absolute atomic E-state index is 11.9. The number of benzene rings is 5. The average molecular weight is 684 g/mol. The summed E-state index contributed by atoms with van der Waals surface area (Å²) in [5, 5.41) is 7.23. The number of esters is 2. The molecule has 0 aromatic heterocycles. The summed E-state index contributed by atoms with van der Waals surface area (Å²) in [5.74, 6) is -0.873. The number of ether oxygens (including phenoxy) is 2. The Kier molecular flexibility index (Phi) is 11.6. The van der Waals surface area contributed by atoms with Crippen LogP contribution < -0.4 is 9.91 Å². The maximum Gasteiger partial charge on any atom is 0.333 e. The first kappa shape index (κ1) is 35.4. The molecule has 0 aliphatic heterocycles. The van der Waals surface area contributed by atoms with Crippen molar-refractivity contribution in [3.63, 3.8) is 0 Å². The lowest BCUT2D eigenvalue weighted by atomic mass is 10.1. The summed E-state index contributed by atoms with van der Waals surface area (Å²) in [6.07, 6.45) is 1.76. The highest BCUT2D eigenvalue weighted by molar-refractivity contribution is 6.33. The number of carbonyl (C=O) groups is 2.